The third kappa shape index (κ3) is 9.81. The van der Waals surface area contributed by atoms with Crippen molar-refractivity contribution in [2.45, 2.75) is 51.9 Å². The summed E-state index contributed by atoms with van der Waals surface area (Å²) in [6.07, 6.45) is 2.91. The molecule has 0 radical (unpaired) electrons. The van der Waals surface area contributed by atoms with Crippen molar-refractivity contribution in [2.75, 3.05) is 25.7 Å². The van der Waals surface area contributed by atoms with Gasteiger partial charge in [-0.1, -0.05) is 41.5 Å². The lowest BCUT2D eigenvalue weighted by atomic mass is 10.3. The largest absolute Gasteiger partial charge is 0.114 e. The van der Waals surface area contributed by atoms with Gasteiger partial charge in [-0.05, 0) is 36.0 Å². The molecule has 4 heteroatoms. The van der Waals surface area contributed by atoms with Crippen LogP contribution in [0.2, 0.25) is 0 Å². The molecule has 0 aliphatic heterocycles. The molecule has 0 spiro atoms. The van der Waals surface area contributed by atoms with E-state index in [1.54, 1.807) is 0 Å². The molecule has 2 unspecified atom stereocenters. The van der Waals surface area contributed by atoms with E-state index in [0.717, 1.165) is 0 Å². The molecule has 0 fully saturated rings. The van der Waals surface area contributed by atoms with Crippen molar-refractivity contribution in [3.05, 3.63) is 0 Å². The summed E-state index contributed by atoms with van der Waals surface area (Å²) in [7, 11) is 0.430. The van der Waals surface area contributed by atoms with E-state index in [1.165, 1.54) is 12.3 Å². The fraction of sp³-hybridized carbons (Fsp3) is 1.00. The Morgan fingerprint density at radius 1 is 0.625 bits per heavy atom. The first-order chi connectivity index (χ1) is 6.05. The molecule has 0 aliphatic carbocycles. The molecule has 0 N–H and O–H groups in total. The highest BCUT2D eigenvalue weighted by atomic mass is 79.9. The predicted octanol–water partition coefficient (Wildman–Crippen LogP) is 5.96. The molecule has 0 heterocycles. The van der Waals surface area contributed by atoms with Gasteiger partial charge in [0.2, 0.25) is 0 Å². The maximum Gasteiger partial charge on any atom is -0.0182 e. The van der Waals surface area contributed by atoms with Crippen molar-refractivity contribution in [1.29, 1.82) is 0 Å². The zero-order chi connectivity index (χ0) is 11.6. The van der Waals surface area contributed by atoms with E-state index < -0.39 is 0 Å². The summed E-state index contributed by atoms with van der Waals surface area (Å²) in [6.45, 7) is 19.2. The Kier molecular flexibility index (Phi) is 12.7. The van der Waals surface area contributed by atoms with E-state index >= 15 is 0 Å². The van der Waals surface area contributed by atoms with E-state index in [9.17, 15) is 0 Å². The third-order valence-corrected chi connectivity index (χ3v) is 9.78. The van der Waals surface area contributed by atoms with E-state index in [4.69, 9.17) is 0 Å². The number of hydrogen-bond donors (Lipinski definition) is 0. The van der Waals surface area contributed by atoms with Crippen LogP contribution in [-0.4, -0.2) is 36.0 Å². The van der Waals surface area contributed by atoms with Crippen molar-refractivity contribution in [2.24, 2.45) is 0 Å². The zero-order valence-electron chi connectivity index (χ0n) is 12.1. The highest BCUT2D eigenvalue weighted by Gasteiger charge is 2.23. The lowest BCUT2D eigenvalue weighted by Gasteiger charge is -2.33. The van der Waals surface area contributed by atoms with Gasteiger partial charge in [-0.3, -0.25) is 0 Å². The summed E-state index contributed by atoms with van der Waals surface area (Å²) in [5.41, 5.74) is 0. The van der Waals surface area contributed by atoms with Crippen molar-refractivity contribution in [1.82, 2.24) is 0 Å². The van der Waals surface area contributed by atoms with E-state index in [-0.39, 0.29) is 49.8 Å². The molecule has 0 rings (SSSR count). The Morgan fingerprint density at radius 2 is 0.812 bits per heavy atom. The molecular formula is C12H30Br2P2. The minimum Gasteiger partial charge on any atom is -0.114 e. The van der Waals surface area contributed by atoms with E-state index in [0.29, 0.717) is 10.3 Å². The summed E-state index contributed by atoms with van der Waals surface area (Å²) in [5, 5.41) is 1.09. The summed E-state index contributed by atoms with van der Waals surface area (Å²) >= 11 is 0. The molecule has 0 saturated heterocycles. The van der Waals surface area contributed by atoms with Gasteiger partial charge >= 0.3 is 0 Å². The van der Waals surface area contributed by atoms with Gasteiger partial charge in [0.25, 0.3) is 0 Å². The average Bonchev–Trinajstić information content (AvgIpc) is 1.95. The lowest BCUT2D eigenvalue weighted by molar-refractivity contribution is 0.777. The van der Waals surface area contributed by atoms with Crippen molar-refractivity contribution < 1.29 is 0 Å². The number of hydrogen-bond acceptors (Lipinski definition) is 0. The second-order valence-corrected chi connectivity index (χ2v) is 12.6. The van der Waals surface area contributed by atoms with Crippen LogP contribution in [0.5, 0.6) is 0 Å². The van der Waals surface area contributed by atoms with Gasteiger partial charge in [-0.15, -0.1) is 49.8 Å². The summed E-state index contributed by atoms with van der Waals surface area (Å²) in [4.78, 5) is 0. The first kappa shape index (κ1) is 23.0. The molecule has 102 valence electrons. The summed E-state index contributed by atoms with van der Waals surface area (Å²) < 4.78 is 0. The van der Waals surface area contributed by atoms with Crippen molar-refractivity contribution in [3.8, 4) is 0 Å². The number of rotatable bonds is 3. The lowest BCUT2D eigenvalue weighted by Crippen LogP contribution is -2.17. The molecule has 0 bridgehead atoms. The minimum absolute atomic E-state index is 0. The molecule has 0 aromatic heterocycles. The second kappa shape index (κ2) is 8.84. The quantitative estimate of drug-likeness (QED) is 0.517. The average molecular weight is 396 g/mol. The number of halogens is 2. The Hall–Kier alpha value is 1.82. The van der Waals surface area contributed by atoms with Crippen LogP contribution in [0.15, 0.2) is 0 Å². The molecular weight excluding hydrogens is 366 g/mol. The van der Waals surface area contributed by atoms with Gasteiger partial charge in [-0.25, -0.2) is 0 Å². The Bertz CT molecular complexity index is 151. The van der Waals surface area contributed by atoms with Crippen LogP contribution in [0.3, 0.4) is 0 Å². The second-order valence-electron chi connectivity index (χ2n) is 6.18. The minimum atomic E-state index is 0. The van der Waals surface area contributed by atoms with Crippen LogP contribution in [0.25, 0.3) is 0 Å². The van der Waals surface area contributed by atoms with Crippen LogP contribution >= 0.6 is 49.8 Å². The molecule has 0 amide bonds. The van der Waals surface area contributed by atoms with Gasteiger partial charge in [0.05, 0.1) is 0 Å². The maximum absolute atomic E-state index is 2.46. The first-order valence-electron chi connectivity index (χ1n) is 5.47. The molecule has 16 heavy (non-hydrogen) atoms. The standard InChI is InChI=1S/C12H28P2.2BrH/c1-11(2,3)13(7)9-10-14(8)12(4,5)6;;/h9-10H2,1-8H3;2*1H. The van der Waals surface area contributed by atoms with E-state index in [2.05, 4.69) is 54.9 Å². The topological polar surface area (TPSA) is 0 Å². The molecule has 0 aliphatic rings. The SMILES string of the molecule is Br.Br.CP(CCP(C)C(C)(C)C)C(C)(C)C. The fourth-order valence-corrected chi connectivity index (χ4v) is 4.71. The van der Waals surface area contributed by atoms with Crippen LogP contribution in [0.4, 0.5) is 0 Å². The molecule has 0 nitrogen and oxygen atoms in total. The Balaban J connectivity index is -0.000000845. The van der Waals surface area contributed by atoms with Crippen molar-refractivity contribution in [3.63, 3.8) is 0 Å². The van der Waals surface area contributed by atoms with Gasteiger partial charge in [0.15, 0.2) is 0 Å². The Labute approximate surface area is 127 Å². The third-order valence-electron chi connectivity index (χ3n) is 3.06. The highest BCUT2D eigenvalue weighted by molar-refractivity contribution is 8.93. The van der Waals surface area contributed by atoms with Gasteiger partial charge < -0.3 is 0 Å². The highest BCUT2D eigenvalue weighted by Crippen LogP contribution is 2.52. The Morgan fingerprint density at radius 3 is 0.938 bits per heavy atom. The molecule has 2 atom stereocenters. The maximum atomic E-state index is 2.46. The smallest absolute Gasteiger partial charge is 0.0182 e. The molecule has 0 aromatic carbocycles. The monoisotopic (exact) mass is 394 g/mol. The van der Waals surface area contributed by atoms with Gasteiger partial charge in [0.1, 0.15) is 0 Å². The first-order valence-corrected chi connectivity index (χ1v) is 9.42. The van der Waals surface area contributed by atoms with E-state index in [1.807, 2.05) is 0 Å². The van der Waals surface area contributed by atoms with Crippen LogP contribution in [0, 0.1) is 0 Å². The predicted molar refractivity (Wildman–Crippen MR) is 95.6 cm³/mol. The van der Waals surface area contributed by atoms with Crippen LogP contribution in [0.1, 0.15) is 41.5 Å². The zero-order valence-corrected chi connectivity index (χ0v) is 17.3. The molecule has 0 saturated carbocycles. The van der Waals surface area contributed by atoms with Crippen LogP contribution in [-0.2, 0) is 0 Å². The summed E-state index contributed by atoms with van der Waals surface area (Å²) in [6, 6.07) is 0. The normalized spacial score (nSPS) is 15.8. The van der Waals surface area contributed by atoms with Crippen LogP contribution < -0.4 is 0 Å². The van der Waals surface area contributed by atoms with Gasteiger partial charge in [0, 0.05) is 0 Å². The van der Waals surface area contributed by atoms with Crippen molar-refractivity contribution >= 4 is 49.8 Å². The fourth-order valence-electron chi connectivity index (χ4n) is 0.971. The molecule has 0 aromatic rings. The summed E-state index contributed by atoms with van der Waals surface area (Å²) in [5.74, 6) is 0. The van der Waals surface area contributed by atoms with Gasteiger partial charge in [-0.2, -0.15) is 0 Å².